The summed E-state index contributed by atoms with van der Waals surface area (Å²) < 4.78 is 5.14. The molecule has 0 aliphatic carbocycles. The Labute approximate surface area is 113 Å². The van der Waals surface area contributed by atoms with Crippen molar-refractivity contribution in [2.45, 2.75) is 26.4 Å². The Morgan fingerprint density at radius 3 is 2.79 bits per heavy atom. The van der Waals surface area contributed by atoms with Crippen molar-refractivity contribution in [2.24, 2.45) is 0 Å². The molecule has 0 spiro atoms. The van der Waals surface area contributed by atoms with Crippen molar-refractivity contribution in [1.29, 1.82) is 0 Å². The molecule has 2 rings (SSSR count). The number of pyridine rings is 2. The fourth-order valence-electron chi connectivity index (χ4n) is 1.76. The molecule has 0 aliphatic heterocycles. The summed E-state index contributed by atoms with van der Waals surface area (Å²) in [5.41, 5.74) is 3.30. The molecular weight excluding hydrogens is 238 g/mol. The third kappa shape index (κ3) is 3.76. The quantitative estimate of drug-likeness (QED) is 0.894. The van der Waals surface area contributed by atoms with E-state index in [1.807, 2.05) is 24.5 Å². The van der Waals surface area contributed by atoms with Gasteiger partial charge >= 0.3 is 0 Å². The Bertz CT molecular complexity index is 540. The van der Waals surface area contributed by atoms with E-state index in [0.717, 1.165) is 17.7 Å². The highest BCUT2D eigenvalue weighted by Gasteiger charge is 2.03. The number of nitrogens with zero attached hydrogens (tertiary/aromatic N) is 2. The second kappa shape index (κ2) is 6.29. The topological polar surface area (TPSA) is 47.0 Å². The van der Waals surface area contributed by atoms with Crippen molar-refractivity contribution in [1.82, 2.24) is 15.3 Å². The maximum absolute atomic E-state index is 5.14. The van der Waals surface area contributed by atoms with Gasteiger partial charge in [0.2, 0.25) is 5.88 Å². The number of aromatic nitrogens is 2. The second-order valence-electron chi connectivity index (χ2n) is 4.70. The molecule has 0 saturated carbocycles. The zero-order chi connectivity index (χ0) is 13.7. The van der Waals surface area contributed by atoms with Crippen molar-refractivity contribution >= 4 is 0 Å². The van der Waals surface area contributed by atoms with Gasteiger partial charge < -0.3 is 10.1 Å². The minimum absolute atomic E-state index is 0.463. The molecule has 0 atom stereocenters. The third-order valence-corrected chi connectivity index (χ3v) is 2.79. The first-order valence-corrected chi connectivity index (χ1v) is 6.37. The molecule has 1 N–H and O–H groups in total. The lowest BCUT2D eigenvalue weighted by Gasteiger charge is -2.09. The van der Waals surface area contributed by atoms with Crippen molar-refractivity contribution in [3.05, 3.63) is 42.4 Å². The van der Waals surface area contributed by atoms with Gasteiger partial charge in [-0.1, -0.05) is 13.8 Å². The van der Waals surface area contributed by atoms with E-state index in [0.29, 0.717) is 11.9 Å². The van der Waals surface area contributed by atoms with Crippen LogP contribution in [0.15, 0.2) is 36.8 Å². The van der Waals surface area contributed by atoms with Gasteiger partial charge in [-0.2, -0.15) is 0 Å². The summed E-state index contributed by atoms with van der Waals surface area (Å²) in [7, 11) is 1.62. The smallest absolute Gasteiger partial charge is 0.213 e. The highest BCUT2D eigenvalue weighted by Crippen LogP contribution is 2.22. The SMILES string of the molecule is COc1cc(-c2cncc(CNC(C)C)c2)ccn1. The van der Waals surface area contributed by atoms with Crippen molar-refractivity contribution < 1.29 is 4.74 Å². The van der Waals surface area contributed by atoms with Crippen molar-refractivity contribution in [3.63, 3.8) is 0 Å². The Morgan fingerprint density at radius 2 is 2.05 bits per heavy atom. The van der Waals surface area contributed by atoms with E-state index < -0.39 is 0 Å². The van der Waals surface area contributed by atoms with Crippen LogP contribution in [0, 0.1) is 0 Å². The van der Waals surface area contributed by atoms with Gasteiger partial charge in [-0.25, -0.2) is 4.98 Å². The van der Waals surface area contributed by atoms with Crippen LogP contribution in [0.1, 0.15) is 19.4 Å². The lowest BCUT2D eigenvalue weighted by atomic mass is 10.1. The average Bonchev–Trinajstić information content (AvgIpc) is 2.45. The Balaban J connectivity index is 2.22. The van der Waals surface area contributed by atoms with Gasteiger partial charge in [0.25, 0.3) is 0 Å². The molecule has 0 unspecified atom stereocenters. The molecule has 0 aromatic carbocycles. The fraction of sp³-hybridized carbons (Fsp3) is 0.333. The lowest BCUT2D eigenvalue weighted by Crippen LogP contribution is -2.21. The zero-order valence-corrected chi connectivity index (χ0v) is 11.6. The van der Waals surface area contributed by atoms with Gasteiger partial charge in [0.1, 0.15) is 0 Å². The number of hydrogen-bond donors (Lipinski definition) is 1. The molecular formula is C15H19N3O. The third-order valence-electron chi connectivity index (χ3n) is 2.79. The predicted octanol–water partition coefficient (Wildman–Crippen LogP) is 2.65. The zero-order valence-electron chi connectivity index (χ0n) is 11.6. The Morgan fingerprint density at radius 1 is 1.21 bits per heavy atom. The van der Waals surface area contributed by atoms with Crippen LogP contribution in [-0.4, -0.2) is 23.1 Å². The van der Waals surface area contributed by atoms with Gasteiger partial charge in [0, 0.05) is 42.8 Å². The predicted molar refractivity (Wildman–Crippen MR) is 76.0 cm³/mol. The van der Waals surface area contributed by atoms with E-state index >= 15 is 0 Å². The molecule has 2 aromatic heterocycles. The molecule has 0 fully saturated rings. The van der Waals surface area contributed by atoms with E-state index in [9.17, 15) is 0 Å². The maximum Gasteiger partial charge on any atom is 0.213 e. The molecule has 19 heavy (non-hydrogen) atoms. The summed E-state index contributed by atoms with van der Waals surface area (Å²) in [5, 5.41) is 3.39. The average molecular weight is 257 g/mol. The maximum atomic E-state index is 5.14. The molecule has 4 nitrogen and oxygen atoms in total. The van der Waals surface area contributed by atoms with Crippen molar-refractivity contribution in [3.8, 4) is 17.0 Å². The van der Waals surface area contributed by atoms with Crippen LogP contribution >= 0.6 is 0 Å². The Kier molecular flexibility index (Phi) is 4.47. The second-order valence-corrected chi connectivity index (χ2v) is 4.70. The first-order chi connectivity index (χ1) is 9.19. The number of nitrogens with one attached hydrogen (secondary N) is 1. The molecule has 2 aromatic rings. The van der Waals surface area contributed by atoms with Crippen LogP contribution in [0.4, 0.5) is 0 Å². The van der Waals surface area contributed by atoms with Gasteiger partial charge in [0.15, 0.2) is 0 Å². The normalized spacial score (nSPS) is 10.7. The highest BCUT2D eigenvalue weighted by molar-refractivity contribution is 5.63. The summed E-state index contributed by atoms with van der Waals surface area (Å²) in [6.07, 6.45) is 5.48. The summed E-state index contributed by atoms with van der Waals surface area (Å²) in [4.78, 5) is 8.40. The first-order valence-electron chi connectivity index (χ1n) is 6.37. The monoisotopic (exact) mass is 257 g/mol. The molecule has 0 bridgehead atoms. The number of ether oxygens (including phenoxy) is 1. The van der Waals surface area contributed by atoms with E-state index in [1.54, 1.807) is 13.3 Å². The van der Waals surface area contributed by atoms with Crippen LogP contribution in [-0.2, 0) is 6.54 Å². The first kappa shape index (κ1) is 13.5. The van der Waals surface area contributed by atoms with Crippen LogP contribution in [0.25, 0.3) is 11.1 Å². The van der Waals surface area contributed by atoms with Crippen LogP contribution < -0.4 is 10.1 Å². The summed E-state index contributed by atoms with van der Waals surface area (Å²) in [5.74, 6) is 0.614. The Hall–Kier alpha value is -1.94. The van der Waals surface area contributed by atoms with E-state index in [-0.39, 0.29) is 0 Å². The van der Waals surface area contributed by atoms with Crippen molar-refractivity contribution in [2.75, 3.05) is 7.11 Å². The molecule has 100 valence electrons. The van der Waals surface area contributed by atoms with Gasteiger partial charge in [-0.05, 0) is 23.3 Å². The number of methoxy groups -OCH3 is 1. The summed E-state index contributed by atoms with van der Waals surface area (Å²) in [6.45, 7) is 5.08. The standard InChI is InChI=1S/C15H19N3O/c1-11(2)18-9-12-6-14(10-16-8-12)13-4-5-17-15(7-13)19-3/h4-8,10-11,18H,9H2,1-3H3. The molecule has 0 saturated heterocycles. The summed E-state index contributed by atoms with van der Waals surface area (Å²) >= 11 is 0. The minimum atomic E-state index is 0.463. The highest BCUT2D eigenvalue weighted by atomic mass is 16.5. The molecule has 0 amide bonds. The molecule has 4 heteroatoms. The van der Waals surface area contributed by atoms with E-state index in [1.165, 1.54) is 5.56 Å². The van der Waals surface area contributed by atoms with E-state index in [2.05, 4.69) is 35.2 Å². The minimum Gasteiger partial charge on any atom is -0.481 e. The van der Waals surface area contributed by atoms with Crippen LogP contribution in [0.3, 0.4) is 0 Å². The largest absolute Gasteiger partial charge is 0.481 e. The molecule has 0 aliphatic rings. The number of rotatable bonds is 5. The van der Waals surface area contributed by atoms with Crippen LogP contribution in [0.2, 0.25) is 0 Å². The number of hydrogen-bond acceptors (Lipinski definition) is 4. The lowest BCUT2D eigenvalue weighted by molar-refractivity contribution is 0.398. The van der Waals surface area contributed by atoms with Gasteiger partial charge in [0.05, 0.1) is 7.11 Å². The van der Waals surface area contributed by atoms with Crippen LogP contribution in [0.5, 0.6) is 5.88 Å². The van der Waals surface area contributed by atoms with E-state index in [4.69, 9.17) is 4.74 Å². The van der Waals surface area contributed by atoms with Gasteiger partial charge in [-0.3, -0.25) is 4.98 Å². The van der Waals surface area contributed by atoms with Gasteiger partial charge in [-0.15, -0.1) is 0 Å². The summed E-state index contributed by atoms with van der Waals surface area (Å²) in [6, 6.07) is 6.47. The fourth-order valence-corrected chi connectivity index (χ4v) is 1.76. The molecule has 2 heterocycles. The molecule has 0 radical (unpaired) electrons.